The molecule has 0 aliphatic rings. The number of aromatic amines is 1. The van der Waals surface area contributed by atoms with Crippen LogP contribution >= 0.6 is 23.1 Å². The number of hydrogen-bond donors (Lipinski definition) is 2. The second kappa shape index (κ2) is 10.8. The van der Waals surface area contributed by atoms with Crippen LogP contribution in [0.25, 0.3) is 12.2 Å². The van der Waals surface area contributed by atoms with E-state index in [0.717, 1.165) is 10.4 Å². The Morgan fingerprint density at radius 2 is 1.94 bits per heavy atom. The summed E-state index contributed by atoms with van der Waals surface area (Å²) in [5, 5.41) is 12.2. The molecule has 2 N–H and O–H groups in total. The van der Waals surface area contributed by atoms with Crippen molar-refractivity contribution >= 4 is 46.8 Å². The summed E-state index contributed by atoms with van der Waals surface area (Å²) in [7, 11) is 0. The molecule has 4 aromatic rings. The predicted molar refractivity (Wildman–Crippen MR) is 131 cm³/mol. The normalized spacial score (nSPS) is 12.0. The number of carbonyl (C=O) groups is 1. The first-order valence-corrected chi connectivity index (χ1v) is 11.9. The van der Waals surface area contributed by atoms with Gasteiger partial charge in [-0.3, -0.25) is 9.89 Å². The SMILES string of the molecule is CCOc1ccccc1NC(=O)C(Sc1n[nH]c(/C=C/c2cccs2)n1)c1ccccc1. The Morgan fingerprint density at radius 3 is 2.72 bits per heavy atom. The molecule has 0 spiro atoms. The maximum atomic E-state index is 13.3. The lowest BCUT2D eigenvalue weighted by Gasteiger charge is -2.17. The fourth-order valence-corrected chi connectivity index (χ4v) is 4.53. The van der Waals surface area contributed by atoms with Gasteiger partial charge in [-0.2, -0.15) is 0 Å². The van der Waals surface area contributed by atoms with Crippen molar-refractivity contribution in [3.63, 3.8) is 0 Å². The second-order valence-corrected chi connectivity index (χ2v) is 8.73. The zero-order valence-electron chi connectivity index (χ0n) is 17.4. The summed E-state index contributed by atoms with van der Waals surface area (Å²) in [5.74, 6) is 1.10. The van der Waals surface area contributed by atoms with Gasteiger partial charge >= 0.3 is 0 Å². The van der Waals surface area contributed by atoms with Crippen LogP contribution in [0, 0.1) is 0 Å². The zero-order chi connectivity index (χ0) is 22.2. The molecule has 0 saturated heterocycles. The first-order valence-electron chi connectivity index (χ1n) is 10.1. The smallest absolute Gasteiger partial charge is 0.242 e. The van der Waals surface area contributed by atoms with E-state index >= 15 is 0 Å². The summed E-state index contributed by atoms with van der Waals surface area (Å²) >= 11 is 2.94. The summed E-state index contributed by atoms with van der Waals surface area (Å²) < 4.78 is 5.64. The van der Waals surface area contributed by atoms with Crippen LogP contribution in [0.4, 0.5) is 5.69 Å². The van der Waals surface area contributed by atoms with Gasteiger partial charge in [0.2, 0.25) is 11.1 Å². The van der Waals surface area contributed by atoms with E-state index in [4.69, 9.17) is 4.74 Å². The number of hydrogen-bond acceptors (Lipinski definition) is 6. The third-order valence-electron chi connectivity index (χ3n) is 4.44. The average Bonchev–Trinajstić information content (AvgIpc) is 3.50. The molecule has 2 aromatic carbocycles. The molecule has 0 fully saturated rings. The van der Waals surface area contributed by atoms with Crippen LogP contribution in [0.5, 0.6) is 5.75 Å². The standard InChI is InChI=1S/C24H22N4O2S2/c1-2-30-20-13-7-6-12-19(20)25-23(29)22(17-9-4-3-5-10-17)32-24-26-21(27-28-24)15-14-18-11-8-16-31-18/h3-16,22H,2H2,1H3,(H,25,29)(H,26,27,28)/b15-14+. The monoisotopic (exact) mass is 462 g/mol. The van der Waals surface area contributed by atoms with E-state index in [-0.39, 0.29) is 5.91 Å². The van der Waals surface area contributed by atoms with E-state index in [9.17, 15) is 4.79 Å². The molecule has 1 unspecified atom stereocenters. The topological polar surface area (TPSA) is 79.9 Å². The van der Waals surface area contributed by atoms with Crippen molar-refractivity contribution in [1.29, 1.82) is 0 Å². The molecule has 0 saturated carbocycles. The highest BCUT2D eigenvalue weighted by molar-refractivity contribution is 8.00. The third kappa shape index (κ3) is 5.66. The number of amides is 1. The Bertz CT molecular complexity index is 1170. The Balaban J connectivity index is 1.54. The molecular formula is C24H22N4O2S2. The molecule has 2 heterocycles. The van der Waals surface area contributed by atoms with Crippen LogP contribution < -0.4 is 10.1 Å². The first kappa shape index (κ1) is 21.9. The van der Waals surface area contributed by atoms with Crippen molar-refractivity contribution < 1.29 is 9.53 Å². The molecule has 0 radical (unpaired) electrons. The summed E-state index contributed by atoms with van der Waals surface area (Å²) in [6, 6.07) is 21.0. The molecule has 0 bridgehead atoms. The summed E-state index contributed by atoms with van der Waals surface area (Å²) in [6.07, 6.45) is 3.85. The van der Waals surface area contributed by atoms with Crippen LogP contribution in [-0.2, 0) is 4.79 Å². The minimum atomic E-state index is -0.532. The van der Waals surface area contributed by atoms with Crippen LogP contribution in [0.2, 0.25) is 0 Å². The first-order chi connectivity index (χ1) is 15.7. The van der Waals surface area contributed by atoms with Gasteiger partial charge in [-0.1, -0.05) is 60.3 Å². The number of nitrogens with one attached hydrogen (secondary N) is 2. The number of para-hydroxylation sites is 2. The Hall–Kier alpha value is -3.36. The molecule has 162 valence electrons. The Morgan fingerprint density at radius 1 is 1.12 bits per heavy atom. The van der Waals surface area contributed by atoms with Gasteiger partial charge in [0.15, 0.2) is 0 Å². The van der Waals surface area contributed by atoms with Gasteiger partial charge in [0.1, 0.15) is 16.8 Å². The molecule has 4 rings (SSSR count). The quantitative estimate of drug-likeness (QED) is 0.302. The zero-order valence-corrected chi connectivity index (χ0v) is 19.0. The second-order valence-electron chi connectivity index (χ2n) is 6.68. The largest absolute Gasteiger partial charge is 0.492 e. The molecular weight excluding hydrogens is 440 g/mol. The van der Waals surface area contributed by atoms with Gasteiger partial charge in [-0.25, -0.2) is 4.98 Å². The van der Waals surface area contributed by atoms with Crippen molar-refractivity contribution in [3.05, 3.63) is 88.4 Å². The Kier molecular flexibility index (Phi) is 7.37. The van der Waals surface area contributed by atoms with E-state index in [1.165, 1.54) is 11.8 Å². The number of thioether (sulfide) groups is 1. The number of H-pyrrole nitrogens is 1. The number of thiophene rings is 1. The van der Waals surface area contributed by atoms with Gasteiger partial charge in [0, 0.05) is 4.88 Å². The van der Waals surface area contributed by atoms with Crippen molar-refractivity contribution in [2.45, 2.75) is 17.3 Å². The highest BCUT2D eigenvalue weighted by Crippen LogP contribution is 2.35. The maximum absolute atomic E-state index is 13.3. The van der Waals surface area contributed by atoms with Crippen molar-refractivity contribution in [1.82, 2.24) is 15.2 Å². The van der Waals surface area contributed by atoms with E-state index in [0.29, 0.717) is 29.0 Å². The van der Waals surface area contributed by atoms with Gasteiger partial charge in [0.05, 0.1) is 12.3 Å². The van der Waals surface area contributed by atoms with Crippen LogP contribution in [0.15, 0.2) is 77.3 Å². The number of rotatable bonds is 9. The summed E-state index contributed by atoms with van der Waals surface area (Å²) in [6.45, 7) is 2.43. The van der Waals surface area contributed by atoms with Crippen LogP contribution in [0.3, 0.4) is 0 Å². The van der Waals surface area contributed by atoms with Gasteiger partial charge < -0.3 is 10.1 Å². The van der Waals surface area contributed by atoms with E-state index in [1.54, 1.807) is 11.3 Å². The van der Waals surface area contributed by atoms with Crippen molar-refractivity contribution in [2.24, 2.45) is 0 Å². The molecule has 0 aliphatic heterocycles. The molecule has 1 amide bonds. The van der Waals surface area contributed by atoms with E-state index in [1.807, 2.05) is 91.2 Å². The van der Waals surface area contributed by atoms with Gasteiger partial charge in [-0.15, -0.1) is 16.4 Å². The number of aromatic nitrogens is 3. The molecule has 1 atom stereocenters. The minimum Gasteiger partial charge on any atom is -0.492 e. The molecule has 32 heavy (non-hydrogen) atoms. The lowest BCUT2D eigenvalue weighted by atomic mass is 10.1. The van der Waals surface area contributed by atoms with Crippen molar-refractivity contribution in [2.75, 3.05) is 11.9 Å². The number of ether oxygens (including phenoxy) is 1. The highest BCUT2D eigenvalue weighted by Gasteiger charge is 2.25. The minimum absolute atomic E-state index is 0.172. The fraction of sp³-hybridized carbons (Fsp3) is 0.125. The molecule has 6 nitrogen and oxygen atoms in total. The fourth-order valence-electron chi connectivity index (χ4n) is 2.99. The average molecular weight is 463 g/mol. The Labute approximate surface area is 194 Å². The number of anilines is 1. The highest BCUT2D eigenvalue weighted by atomic mass is 32.2. The lowest BCUT2D eigenvalue weighted by molar-refractivity contribution is -0.115. The van der Waals surface area contributed by atoms with Crippen LogP contribution in [-0.4, -0.2) is 27.7 Å². The van der Waals surface area contributed by atoms with Gasteiger partial charge in [-0.05, 0) is 48.2 Å². The van der Waals surface area contributed by atoms with Crippen LogP contribution in [0.1, 0.15) is 28.4 Å². The van der Waals surface area contributed by atoms with E-state index in [2.05, 4.69) is 20.5 Å². The lowest BCUT2D eigenvalue weighted by Crippen LogP contribution is -2.19. The van der Waals surface area contributed by atoms with E-state index < -0.39 is 5.25 Å². The van der Waals surface area contributed by atoms with Crippen molar-refractivity contribution in [3.8, 4) is 5.75 Å². The summed E-state index contributed by atoms with van der Waals surface area (Å²) in [5.41, 5.74) is 1.50. The number of benzene rings is 2. The summed E-state index contributed by atoms with van der Waals surface area (Å²) in [4.78, 5) is 18.9. The number of carbonyl (C=O) groups excluding carboxylic acids is 1. The third-order valence-corrected chi connectivity index (χ3v) is 6.39. The predicted octanol–water partition coefficient (Wildman–Crippen LogP) is 5.91. The molecule has 8 heteroatoms. The maximum Gasteiger partial charge on any atom is 0.242 e. The van der Waals surface area contributed by atoms with Gasteiger partial charge in [0.25, 0.3) is 0 Å². The molecule has 0 aliphatic carbocycles. The number of nitrogens with zero attached hydrogens (tertiary/aromatic N) is 2. The molecule has 2 aromatic heterocycles.